The first-order chi connectivity index (χ1) is 24.4. The minimum absolute atomic E-state index is 0.0544. The van der Waals surface area contributed by atoms with Gasteiger partial charge in [-0.05, 0) is 83.0 Å². The molecule has 5 amide bonds. The lowest BCUT2D eigenvalue weighted by molar-refractivity contribution is -0.141. The topological polar surface area (TPSA) is 261 Å². The molecule has 0 aromatic heterocycles. The third-order valence-electron chi connectivity index (χ3n) is 8.19. The van der Waals surface area contributed by atoms with E-state index in [1.165, 1.54) is 13.8 Å². The molecule has 0 aliphatic carbocycles. The van der Waals surface area contributed by atoms with Gasteiger partial charge in [-0.25, -0.2) is 0 Å². The Kier molecular flexibility index (Phi) is 18.9. The number of carboxylic acids is 1. The van der Waals surface area contributed by atoms with Crippen molar-refractivity contribution in [1.29, 1.82) is 0 Å². The van der Waals surface area contributed by atoms with E-state index >= 15 is 0 Å². The molecule has 2 rings (SSSR count). The Labute approximate surface area is 299 Å². The highest BCUT2D eigenvalue weighted by molar-refractivity contribution is 5.96. The van der Waals surface area contributed by atoms with Gasteiger partial charge in [0.25, 0.3) is 0 Å². The second-order valence-electron chi connectivity index (χ2n) is 12.5. The molecule has 0 saturated carbocycles. The van der Waals surface area contributed by atoms with E-state index in [4.69, 9.17) is 17.2 Å². The third-order valence-corrected chi connectivity index (χ3v) is 8.19. The van der Waals surface area contributed by atoms with E-state index < -0.39 is 71.8 Å². The summed E-state index contributed by atoms with van der Waals surface area (Å²) in [6.07, 6.45) is 2.97. The van der Waals surface area contributed by atoms with Gasteiger partial charge in [0.2, 0.25) is 29.5 Å². The van der Waals surface area contributed by atoms with Crippen molar-refractivity contribution in [3.8, 4) is 0 Å². The number of hydrogen-bond acceptors (Lipinski definition) is 9. The maximum absolute atomic E-state index is 13.7. The van der Waals surface area contributed by atoms with Gasteiger partial charge in [-0.2, -0.15) is 0 Å². The van der Waals surface area contributed by atoms with Crippen LogP contribution in [-0.2, 0) is 41.6 Å². The number of benzene rings is 2. The molecule has 0 saturated heterocycles. The number of nitrogens with two attached hydrogens (primary N) is 3. The Hall–Kier alpha value is -4.86. The van der Waals surface area contributed by atoms with Gasteiger partial charge in [-0.1, -0.05) is 60.7 Å². The maximum atomic E-state index is 13.7. The normalized spacial score (nSPS) is 14.5. The number of nitrogens with one attached hydrogen (secondary N) is 5. The van der Waals surface area contributed by atoms with E-state index in [2.05, 4.69) is 26.6 Å². The van der Waals surface area contributed by atoms with Crippen molar-refractivity contribution in [3.05, 3.63) is 71.8 Å². The van der Waals surface area contributed by atoms with Crippen LogP contribution in [0.4, 0.5) is 0 Å². The van der Waals surface area contributed by atoms with Crippen LogP contribution in [-0.4, -0.2) is 90.0 Å². The maximum Gasteiger partial charge on any atom is 0.325 e. The first kappa shape index (κ1) is 42.3. The number of unbranched alkanes of at least 4 members (excludes halogenated alkanes) is 2. The molecular weight excluding hydrogens is 656 g/mol. The van der Waals surface area contributed by atoms with E-state index in [1.807, 2.05) is 30.3 Å². The Morgan fingerprint density at radius 3 is 1.43 bits per heavy atom. The van der Waals surface area contributed by atoms with E-state index in [9.17, 15) is 33.9 Å². The number of carbonyl (C=O) groups is 6. The molecule has 280 valence electrons. The van der Waals surface area contributed by atoms with E-state index in [0.717, 1.165) is 5.56 Å². The molecule has 15 nitrogen and oxygen atoms in total. The van der Waals surface area contributed by atoms with Crippen LogP contribution in [0, 0.1) is 0 Å². The summed E-state index contributed by atoms with van der Waals surface area (Å²) >= 11 is 0. The van der Waals surface area contributed by atoms with Crippen LogP contribution in [0.1, 0.15) is 63.5 Å². The number of amides is 5. The summed E-state index contributed by atoms with van der Waals surface area (Å²) in [5.41, 5.74) is 19.0. The molecule has 0 spiro atoms. The highest BCUT2D eigenvalue weighted by Crippen LogP contribution is 2.09. The van der Waals surface area contributed by atoms with Crippen molar-refractivity contribution >= 4 is 35.5 Å². The van der Waals surface area contributed by atoms with Gasteiger partial charge < -0.3 is 48.9 Å². The fourth-order valence-electron chi connectivity index (χ4n) is 5.15. The number of aliphatic carboxylic acids is 1. The average molecular weight is 711 g/mol. The molecule has 0 aliphatic rings. The van der Waals surface area contributed by atoms with Crippen molar-refractivity contribution < 1.29 is 33.9 Å². The van der Waals surface area contributed by atoms with Crippen LogP contribution in [0.25, 0.3) is 0 Å². The van der Waals surface area contributed by atoms with Crippen LogP contribution in [0.2, 0.25) is 0 Å². The van der Waals surface area contributed by atoms with Crippen LogP contribution >= 0.6 is 0 Å². The van der Waals surface area contributed by atoms with Crippen LogP contribution in [0.3, 0.4) is 0 Å². The van der Waals surface area contributed by atoms with Gasteiger partial charge >= 0.3 is 5.97 Å². The largest absolute Gasteiger partial charge is 0.480 e. The van der Waals surface area contributed by atoms with Crippen molar-refractivity contribution in [2.24, 2.45) is 17.2 Å². The average Bonchev–Trinajstić information content (AvgIpc) is 3.11. The lowest BCUT2D eigenvalue weighted by Crippen LogP contribution is -2.59. The molecule has 0 unspecified atom stereocenters. The van der Waals surface area contributed by atoms with E-state index in [-0.39, 0.29) is 25.7 Å². The first-order valence-electron chi connectivity index (χ1n) is 17.3. The van der Waals surface area contributed by atoms with Gasteiger partial charge in [-0.15, -0.1) is 0 Å². The zero-order chi connectivity index (χ0) is 37.8. The Bertz CT molecular complexity index is 1410. The Morgan fingerprint density at radius 1 is 0.549 bits per heavy atom. The number of carbonyl (C=O) groups excluding carboxylic acids is 5. The van der Waals surface area contributed by atoms with Crippen molar-refractivity contribution in [2.45, 2.75) is 101 Å². The molecule has 0 heterocycles. The molecule has 51 heavy (non-hydrogen) atoms. The van der Waals surface area contributed by atoms with Crippen molar-refractivity contribution in [2.75, 3.05) is 13.1 Å². The summed E-state index contributed by atoms with van der Waals surface area (Å²) in [5.74, 6) is -4.42. The third kappa shape index (κ3) is 15.7. The van der Waals surface area contributed by atoms with Crippen LogP contribution < -0.4 is 43.8 Å². The monoisotopic (exact) mass is 710 g/mol. The molecule has 0 radical (unpaired) electrons. The zero-order valence-corrected chi connectivity index (χ0v) is 29.4. The zero-order valence-electron chi connectivity index (χ0n) is 29.4. The predicted octanol–water partition coefficient (Wildman–Crippen LogP) is -0.394. The number of hydrogen-bond donors (Lipinski definition) is 9. The molecule has 2 aromatic carbocycles. The summed E-state index contributed by atoms with van der Waals surface area (Å²) in [5, 5.41) is 22.3. The van der Waals surface area contributed by atoms with Gasteiger partial charge in [0, 0.05) is 6.42 Å². The molecule has 15 heteroatoms. The molecule has 12 N–H and O–H groups in total. The molecule has 0 fully saturated rings. The second kappa shape index (κ2) is 22.8. The minimum Gasteiger partial charge on any atom is -0.480 e. The van der Waals surface area contributed by atoms with Gasteiger partial charge in [0.15, 0.2) is 0 Å². The molecule has 0 bridgehead atoms. The first-order valence-corrected chi connectivity index (χ1v) is 17.3. The molecule has 2 aromatic rings. The van der Waals surface area contributed by atoms with E-state index in [0.29, 0.717) is 44.3 Å². The summed E-state index contributed by atoms with van der Waals surface area (Å²) < 4.78 is 0. The van der Waals surface area contributed by atoms with E-state index in [1.54, 1.807) is 30.3 Å². The van der Waals surface area contributed by atoms with Crippen LogP contribution in [0.15, 0.2) is 60.7 Å². The smallest absolute Gasteiger partial charge is 0.325 e. The standard InChI is InChI=1S/C36H54N8O7/c1-23(40-33(47)28(17-9-11-19-37)42-32(46)27(39)21-25-13-5-3-6-14-25)31(45)44-30(22-26-15-7-4-8-16-26)35(49)43-29(18-10-12-20-38)34(48)41-24(2)36(50)51/h3-8,13-16,23-24,27-30H,9-12,17-22,37-39H2,1-2H3,(H,40,47)(H,41,48)(H,42,46)(H,43,49)(H,44,45)(H,50,51)/t23-,24-,27-,28-,29-,30-/m0/s1. The summed E-state index contributed by atoms with van der Waals surface area (Å²) in [6.45, 7) is 3.51. The molecule has 6 atom stereocenters. The highest BCUT2D eigenvalue weighted by Gasteiger charge is 2.31. The van der Waals surface area contributed by atoms with Gasteiger partial charge in [-0.3, -0.25) is 28.8 Å². The Morgan fingerprint density at radius 2 is 0.961 bits per heavy atom. The van der Waals surface area contributed by atoms with Gasteiger partial charge in [0.05, 0.1) is 6.04 Å². The molecular formula is C36H54N8O7. The highest BCUT2D eigenvalue weighted by atomic mass is 16.4. The number of carboxylic acid groups (broad SMARTS) is 1. The van der Waals surface area contributed by atoms with Crippen LogP contribution in [0.5, 0.6) is 0 Å². The van der Waals surface area contributed by atoms with Gasteiger partial charge in [0.1, 0.15) is 30.2 Å². The second-order valence-corrected chi connectivity index (χ2v) is 12.5. The quantitative estimate of drug-likeness (QED) is 0.0675. The summed E-state index contributed by atoms with van der Waals surface area (Å²) in [4.78, 5) is 77.9. The SMILES string of the molecule is C[C@H](NC(=O)[C@H](CCCCN)NC(=O)[C@H](Cc1ccccc1)NC(=O)[C@H](C)NC(=O)[C@H](CCCCN)NC(=O)[C@@H](N)Cc1ccccc1)C(=O)O. The van der Waals surface area contributed by atoms with Crippen molar-refractivity contribution in [1.82, 2.24) is 26.6 Å². The Balaban J connectivity index is 2.18. The minimum atomic E-state index is -1.24. The lowest BCUT2D eigenvalue weighted by Gasteiger charge is -2.26. The summed E-state index contributed by atoms with van der Waals surface area (Å²) in [7, 11) is 0. The van der Waals surface area contributed by atoms with Crippen molar-refractivity contribution in [3.63, 3.8) is 0 Å². The summed E-state index contributed by atoms with van der Waals surface area (Å²) in [6, 6.07) is 11.6. The molecule has 0 aliphatic heterocycles. The lowest BCUT2D eigenvalue weighted by atomic mass is 10.0. The fraction of sp³-hybridized carbons (Fsp3) is 0.500. The number of rotatable bonds is 23. The predicted molar refractivity (Wildman–Crippen MR) is 193 cm³/mol. The fourth-order valence-corrected chi connectivity index (χ4v) is 5.15.